The van der Waals surface area contributed by atoms with Gasteiger partial charge in [0.25, 0.3) is 0 Å². The minimum absolute atomic E-state index is 0.0285. The SMILES string of the molecule is CCCn1c2c(c3cc(F)ccc31)CC(C(=O)NCCCN)CC2. The molecule has 1 aliphatic rings. The van der Waals surface area contributed by atoms with Gasteiger partial charge in [0.2, 0.25) is 5.91 Å². The number of halogens is 1. The van der Waals surface area contributed by atoms with Crippen LogP contribution in [0.3, 0.4) is 0 Å². The van der Waals surface area contributed by atoms with E-state index in [-0.39, 0.29) is 17.6 Å². The molecule has 0 saturated heterocycles. The molecule has 24 heavy (non-hydrogen) atoms. The molecule has 0 radical (unpaired) electrons. The summed E-state index contributed by atoms with van der Waals surface area (Å²) in [5, 5.41) is 3.95. The van der Waals surface area contributed by atoms with Crippen LogP contribution < -0.4 is 11.1 Å². The quantitative estimate of drug-likeness (QED) is 0.800. The van der Waals surface area contributed by atoms with E-state index in [9.17, 15) is 9.18 Å². The molecule has 5 heteroatoms. The van der Waals surface area contributed by atoms with Crippen LogP contribution in [0.25, 0.3) is 10.9 Å². The van der Waals surface area contributed by atoms with Crippen LogP contribution in [0.4, 0.5) is 4.39 Å². The predicted molar refractivity (Wildman–Crippen MR) is 94.4 cm³/mol. The second kappa shape index (κ2) is 7.34. The van der Waals surface area contributed by atoms with Gasteiger partial charge in [-0.2, -0.15) is 0 Å². The summed E-state index contributed by atoms with van der Waals surface area (Å²) < 4.78 is 16.1. The number of aromatic nitrogens is 1. The first-order valence-corrected chi connectivity index (χ1v) is 8.93. The second-order valence-electron chi connectivity index (χ2n) is 6.61. The van der Waals surface area contributed by atoms with Crippen LogP contribution in [0.15, 0.2) is 18.2 Å². The lowest BCUT2D eigenvalue weighted by Gasteiger charge is -2.23. The number of carbonyl (C=O) groups is 1. The Labute approximate surface area is 142 Å². The van der Waals surface area contributed by atoms with E-state index in [1.165, 1.54) is 11.8 Å². The first kappa shape index (κ1) is 17.0. The molecular weight excluding hydrogens is 305 g/mol. The molecule has 1 atom stereocenters. The minimum atomic E-state index is -0.214. The van der Waals surface area contributed by atoms with Gasteiger partial charge in [-0.1, -0.05) is 6.92 Å². The lowest BCUT2D eigenvalue weighted by atomic mass is 9.85. The van der Waals surface area contributed by atoms with Crippen molar-refractivity contribution in [3.8, 4) is 0 Å². The van der Waals surface area contributed by atoms with Gasteiger partial charge in [-0.15, -0.1) is 0 Å². The van der Waals surface area contributed by atoms with Crippen molar-refractivity contribution in [2.75, 3.05) is 13.1 Å². The second-order valence-corrected chi connectivity index (χ2v) is 6.61. The van der Waals surface area contributed by atoms with Crippen molar-refractivity contribution in [2.45, 2.75) is 45.6 Å². The van der Waals surface area contributed by atoms with E-state index in [1.54, 1.807) is 6.07 Å². The average molecular weight is 331 g/mol. The van der Waals surface area contributed by atoms with Crippen LogP contribution in [0, 0.1) is 11.7 Å². The predicted octanol–water partition coefficient (Wildman–Crippen LogP) is 2.76. The van der Waals surface area contributed by atoms with Crippen LogP contribution in [0.2, 0.25) is 0 Å². The fourth-order valence-corrected chi connectivity index (χ4v) is 3.78. The topological polar surface area (TPSA) is 60.0 Å². The standard InChI is InChI=1S/C19H26FN3O/c1-2-10-23-17-6-4-13(19(24)22-9-3-8-21)11-15(17)16-12-14(20)5-7-18(16)23/h5,7,12-13H,2-4,6,8-11,21H2,1H3,(H,22,24). The summed E-state index contributed by atoms with van der Waals surface area (Å²) in [7, 11) is 0. The smallest absolute Gasteiger partial charge is 0.223 e. The normalized spacial score (nSPS) is 17.0. The highest BCUT2D eigenvalue weighted by Crippen LogP contribution is 2.35. The molecule has 130 valence electrons. The summed E-state index contributed by atoms with van der Waals surface area (Å²) in [6.07, 6.45) is 4.26. The maximum atomic E-state index is 13.8. The van der Waals surface area contributed by atoms with Crippen LogP contribution >= 0.6 is 0 Å². The highest BCUT2D eigenvalue weighted by Gasteiger charge is 2.29. The lowest BCUT2D eigenvalue weighted by molar-refractivity contribution is -0.125. The molecule has 1 aromatic heterocycles. The van der Waals surface area contributed by atoms with Crippen LogP contribution in [-0.4, -0.2) is 23.6 Å². The molecule has 1 unspecified atom stereocenters. The van der Waals surface area contributed by atoms with E-state index in [0.29, 0.717) is 19.5 Å². The molecule has 4 nitrogen and oxygen atoms in total. The molecule has 3 rings (SSSR count). The Balaban J connectivity index is 1.90. The first-order chi connectivity index (χ1) is 11.7. The number of nitrogens with one attached hydrogen (secondary N) is 1. The average Bonchev–Trinajstić information content (AvgIpc) is 2.88. The van der Waals surface area contributed by atoms with Gasteiger partial charge in [0.05, 0.1) is 0 Å². The van der Waals surface area contributed by atoms with Gasteiger partial charge in [-0.3, -0.25) is 4.79 Å². The summed E-state index contributed by atoms with van der Waals surface area (Å²) >= 11 is 0. The third-order valence-corrected chi connectivity index (χ3v) is 4.93. The Morgan fingerprint density at radius 2 is 2.29 bits per heavy atom. The molecule has 1 aliphatic carbocycles. The highest BCUT2D eigenvalue weighted by molar-refractivity contribution is 5.87. The molecule has 0 fully saturated rings. The van der Waals surface area contributed by atoms with E-state index >= 15 is 0 Å². The highest BCUT2D eigenvalue weighted by atomic mass is 19.1. The molecule has 0 aliphatic heterocycles. The molecular formula is C19H26FN3O. The van der Waals surface area contributed by atoms with Crippen molar-refractivity contribution in [1.29, 1.82) is 0 Å². The Morgan fingerprint density at radius 1 is 1.46 bits per heavy atom. The maximum absolute atomic E-state index is 13.8. The number of amides is 1. The maximum Gasteiger partial charge on any atom is 0.223 e. The minimum Gasteiger partial charge on any atom is -0.356 e. The third kappa shape index (κ3) is 3.18. The molecule has 3 N–H and O–H groups in total. The summed E-state index contributed by atoms with van der Waals surface area (Å²) in [5.41, 5.74) is 9.00. The molecule has 1 heterocycles. The molecule has 1 aromatic carbocycles. The Kier molecular flexibility index (Phi) is 5.19. The zero-order valence-electron chi connectivity index (χ0n) is 14.3. The summed E-state index contributed by atoms with van der Waals surface area (Å²) in [6, 6.07) is 5.01. The number of rotatable bonds is 6. The van der Waals surface area contributed by atoms with Crippen molar-refractivity contribution >= 4 is 16.8 Å². The van der Waals surface area contributed by atoms with E-state index in [2.05, 4.69) is 16.8 Å². The van der Waals surface area contributed by atoms with E-state index in [0.717, 1.165) is 48.7 Å². The number of hydrogen-bond donors (Lipinski definition) is 2. The Hall–Kier alpha value is -1.88. The number of benzene rings is 1. The zero-order chi connectivity index (χ0) is 17.1. The van der Waals surface area contributed by atoms with Crippen molar-refractivity contribution in [3.05, 3.63) is 35.3 Å². The monoisotopic (exact) mass is 331 g/mol. The van der Waals surface area contributed by atoms with Crippen molar-refractivity contribution in [2.24, 2.45) is 11.7 Å². The van der Waals surface area contributed by atoms with Crippen molar-refractivity contribution < 1.29 is 9.18 Å². The fraction of sp³-hybridized carbons (Fsp3) is 0.526. The van der Waals surface area contributed by atoms with Crippen molar-refractivity contribution in [3.63, 3.8) is 0 Å². The molecule has 1 amide bonds. The van der Waals surface area contributed by atoms with Crippen molar-refractivity contribution in [1.82, 2.24) is 9.88 Å². The van der Waals surface area contributed by atoms with E-state index in [1.807, 2.05) is 6.07 Å². The molecule has 0 saturated carbocycles. The Morgan fingerprint density at radius 3 is 3.04 bits per heavy atom. The summed E-state index contributed by atoms with van der Waals surface area (Å²) in [5.74, 6) is -0.144. The van der Waals surface area contributed by atoms with Crippen LogP contribution in [-0.2, 0) is 24.2 Å². The third-order valence-electron chi connectivity index (χ3n) is 4.93. The molecule has 0 bridgehead atoms. The van der Waals surface area contributed by atoms with E-state index < -0.39 is 0 Å². The zero-order valence-corrected chi connectivity index (χ0v) is 14.3. The number of nitrogens with zero attached hydrogens (tertiary/aromatic N) is 1. The number of aryl methyl sites for hydroxylation is 1. The molecule has 0 spiro atoms. The first-order valence-electron chi connectivity index (χ1n) is 8.93. The van der Waals surface area contributed by atoms with Gasteiger partial charge < -0.3 is 15.6 Å². The number of fused-ring (bicyclic) bond motifs is 3. The molecule has 2 aromatic rings. The lowest BCUT2D eigenvalue weighted by Crippen LogP contribution is -2.35. The summed E-state index contributed by atoms with van der Waals surface area (Å²) in [6.45, 7) is 4.30. The fourth-order valence-electron chi connectivity index (χ4n) is 3.78. The van der Waals surface area contributed by atoms with Crippen LogP contribution in [0.1, 0.15) is 37.4 Å². The van der Waals surface area contributed by atoms with Gasteiger partial charge in [0.1, 0.15) is 5.82 Å². The van der Waals surface area contributed by atoms with Gasteiger partial charge in [0, 0.05) is 35.6 Å². The van der Waals surface area contributed by atoms with Gasteiger partial charge in [-0.25, -0.2) is 4.39 Å². The summed E-state index contributed by atoms with van der Waals surface area (Å²) in [4.78, 5) is 12.4. The Bertz CT molecular complexity index is 738. The van der Waals surface area contributed by atoms with Gasteiger partial charge >= 0.3 is 0 Å². The number of hydrogen-bond acceptors (Lipinski definition) is 2. The van der Waals surface area contributed by atoms with Crippen LogP contribution in [0.5, 0.6) is 0 Å². The number of carbonyl (C=O) groups excluding carboxylic acids is 1. The van der Waals surface area contributed by atoms with Gasteiger partial charge in [-0.05, 0) is 62.4 Å². The largest absolute Gasteiger partial charge is 0.356 e. The van der Waals surface area contributed by atoms with E-state index in [4.69, 9.17) is 5.73 Å². The number of nitrogens with two attached hydrogens (primary N) is 1. The van der Waals surface area contributed by atoms with Gasteiger partial charge in [0.15, 0.2) is 0 Å².